The van der Waals surface area contributed by atoms with Crippen molar-refractivity contribution in [3.8, 4) is 0 Å². The summed E-state index contributed by atoms with van der Waals surface area (Å²) in [6.07, 6.45) is 1.91. The summed E-state index contributed by atoms with van der Waals surface area (Å²) >= 11 is 0. The van der Waals surface area contributed by atoms with Gasteiger partial charge in [-0.2, -0.15) is 0 Å². The Balaban J connectivity index is 2.78. The van der Waals surface area contributed by atoms with Crippen molar-refractivity contribution in [2.45, 2.75) is 47.0 Å². The third-order valence-corrected chi connectivity index (χ3v) is 2.38. The monoisotopic (exact) mass is 254 g/mol. The van der Waals surface area contributed by atoms with Crippen molar-refractivity contribution in [3.63, 3.8) is 0 Å². The maximum absolute atomic E-state index is 10.7. The van der Waals surface area contributed by atoms with Crippen LogP contribution in [0.3, 0.4) is 0 Å². The molecule has 0 aromatic rings. The van der Waals surface area contributed by atoms with Gasteiger partial charge in [-0.3, -0.25) is 0 Å². The first-order chi connectivity index (χ1) is 8.28. The third-order valence-electron chi connectivity index (χ3n) is 2.38. The van der Waals surface area contributed by atoms with Crippen molar-refractivity contribution in [1.29, 1.82) is 0 Å². The van der Waals surface area contributed by atoms with Gasteiger partial charge in [0.2, 0.25) is 0 Å². The highest BCUT2D eigenvalue weighted by Crippen LogP contribution is 2.32. The van der Waals surface area contributed by atoms with E-state index in [9.17, 15) is 9.59 Å². The molecule has 1 aliphatic carbocycles. The maximum atomic E-state index is 10.7. The van der Waals surface area contributed by atoms with Crippen molar-refractivity contribution in [1.82, 2.24) is 0 Å². The smallest absolute Gasteiger partial charge is 0.319 e. The lowest BCUT2D eigenvalue weighted by Gasteiger charge is -2.30. The average molecular weight is 254 g/mol. The Morgan fingerprint density at radius 2 is 1.39 bits per heavy atom. The molecule has 0 atom stereocenters. The zero-order valence-corrected chi connectivity index (χ0v) is 11.1. The zero-order valence-electron chi connectivity index (χ0n) is 11.1. The average Bonchev–Trinajstić information content (AvgIpc) is 2.21. The van der Waals surface area contributed by atoms with E-state index in [2.05, 4.69) is 33.8 Å². The molecule has 0 unspecified atom stereocenters. The van der Waals surface area contributed by atoms with Gasteiger partial charge in [0.1, 0.15) is 0 Å². The normalized spacial score (nSPS) is 22.9. The zero-order chi connectivity index (χ0) is 13.8. The molecule has 100 valence electrons. The third kappa shape index (κ3) is 5.07. The molecule has 6 nitrogen and oxygen atoms in total. The van der Waals surface area contributed by atoms with E-state index in [1.807, 2.05) is 0 Å². The van der Waals surface area contributed by atoms with Crippen LogP contribution in [0.1, 0.15) is 47.0 Å². The number of oxime groups is 2. The van der Waals surface area contributed by atoms with E-state index in [1.54, 1.807) is 0 Å². The second kappa shape index (κ2) is 5.75. The molecule has 0 spiro atoms. The van der Waals surface area contributed by atoms with Crippen molar-refractivity contribution in [3.05, 3.63) is 0 Å². The van der Waals surface area contributed by atoms with Gasteiger partial charge >= 0.3 is 11.9 Å². The van der Waals surface area contributed by atoms with E-state index in [0.29, 0.717) is 6.42 Å². The first-order valence-electron chi connectivity index (χ1n) is 5.75. The van der Waals surface area contributed by atoms with Crippen LogP contribution in [0.4, 0.5) is 0 Å². The standard InChI is InChI=1S/C12H18N2O4/c1-8(15)17-13-10-5-11(14-18-9(2)16)7-12(3,4)6-10/h5-7H2,1-4H3/b13-10-,14-11+. The van der Waals surface area contributed by atoms with Crippen molar-refractivity contribution < 1.29 is 19.3 Å². The summed E-state index contributed by atoms with van der Waals surface area (Å²) < 4.78 is 0. The molecule has 1 rings (SSSR count). The first kappa shape index (κ1) is 14.3. The van der Waals surface area contributed by atoms with Gasteiger partial charge in [-0.05, 0) is 18.3 Å². The molecule has 0 aliphatic heterocycles. The first-order valence-corrected chi connectivity index (χ1v) is 5.75. The minimum Gasteiger partial charge on any atom is -0.319 e. The Labute approximate surface area is 106 Å². The molecule has 0 radical (unpaired) electrons. The van der Waals surface area contributed by atoms with Gasteiger partial charge in [0.15, 0.2) is 0 Å². The van der Waals surface area contributed by atoms with Crippen LogP contribution >= 0.6 is 0 Å². The van der Waals surface area contributed by atoms with Crippen LogP contribution in [0.2, 0.25) is 0 Å². The topological polar surface area (TPSA) is 77.3 Å². The van der Waals surface area contributed by atoms with Crippen LogP contribution in [0, 0.1) is 5.41 Å². The Morgan fingerprint density at radius 1 is 1.00 bits per heavy atom. The predicted molar refractivity (Wildman–Crippen MR) is 66.0 cm³/mol. The second-order valence-corrected chi connectivity index (χ2v) is 5.18. The van der Waals surface area contributed by atoms with Crippen LogP contribution in [0.5, 0.6) is 0 Å². The van der Waals surface area contributed by atoms with Gasteiger partial charge in [-0.15, -0.1) is 0 Å². The van der Waals surface area contributed by atoms with E-state index < -0.39 is 11.9 Å². The molecule has 0 aromatic heterocycles. The van der Waals surface area contributed by atoms with E-state index in [0.717, 1.165) is 24.3 Å². The van der Waals surface area contributed by atoms with Crippen molar-refractivity contribution >= 4 is 23.4 Å². The Kier molecular flexibility index (Phi) is 4.58. The molecule has 0 heterocycles. The SMILES string of the molecule is CC(=O)O/N=C1\C/C(=N/OC(C)=O)CC(C)(C)C1. The maximum Gasteiger partial charge on any atom is 0.331 e. The molecule has 1 saturated carbocycles. The van der Waals surface area contributed by atoms with Crippen LogP contribution in [-0.4, -0.2) is 23.4 Å². The van der Waals surface area contributed by atoms with Crippen LogP contribution in [0.15, 0.2) is 10.3 Å². The number of rotatable bonds is 2. The fourth-order valence-corrected chi connectivity index (χ4v) is 1.91. The minimum atomic E-state index is -0.454. The number of nitrogens with zero attached hydrogens (tertiary/aromatic N) is 2. The molecule has 0 aromatic carbocycles. The van der Waals surface area contributed by atoms with Gasteiger partial charge < -0.3 is 9.68 Å². The van der Waals surface area contributed by atoms with Gasteiger partial charge in [-0.1, -0.05) is 24.2 Å². The molecular weight excluding hydrogens is 236 g/mol. The van der Waals surface area contributed by atoms with Gasteiger partial charge in [0, 0.05) is 20.3 Å². The lowest BCUT2D eigenvalue weighted by Crippen LogP contribution is -2.29. The molecule has 6 heteroatoms. The summed E-state index contributed by atoms with van der Waals surface area (Å²) in [6.45, 7) is 6.70. The summed E-state index contributed by atoms with van der Waals surface area (Å²) in [4.78, 5) is 30.7. The van der Waals surface area contributed by atoms with Gasteiger partial charge in [0.25, 0.3) is 0 Å². The molecule has 0 amide bonds. The molecule has 1 fully saturated rings. The Morgan fingerprint density at radius 3 is 1.72 bits per heavy atom. The van der Waals surface area contributed by atoms with E-state index >= 15 is 0 Å². The highest BCUT2D eigenvalue weighted by molar-refractivity contribution is 6.07. The summed E-state index contributed by atoms with van der Waals surface area (Å²) in [5.41, 5.74) is 1.41. The highest BCUT2D eigenvalue weighted by atomic mass is 16.7. The molecular formula is C12H18N2O4. The summed E-state index contributed by atoms with van der Waals surface area (Å²) in [5, 5.41) is 7.60. The number of hydrogen-bond acceptors (Lipinski definition) is 6. The van der Waals surface area contributed by atoms with Crippen LogP contribution < -0.4 is 0 Å². The second-order valence-electron chi connectivity index (χ2n) is 5.18. The number of carbonyl (C=O) groups excluding carboxylic acids is 2. The van der Waals surface area contributed by atoms with Crippen molar-refractivity contribution in [2.24, 2.45) is 15.7 Å². The largest absolute Gasteiger partial charge is 0.331 e. The van der Waals surface area contributed by atoms with Gasteiger partial charge in [0.05, 0.1) is 11.4 Å². The lowest BCUT2D eigenvalue weighted by molar-refractivity contribution is -0.141. The quantitative estimate of drug-likeness (QED) is 0.558. The van der Waals surface area contributed by atoms with Crippen LogP contribution in [-0.2, 0) is 19.3 Å². The summed E-state index contributed by atoms with van der Waals surface area (Å²) in [5.74, 6) is -0.909. The molecule has 0 N–H and O–H groups in total. The summed E-state index contributed by atoms with van der Waals surface area (Å²) in [7, 11) is 0. The molecule has 0 bridgehead atoms. The van der Waals surface area contributed by atoms with Gasteiger partial charge in [-0.25, -0.2) is 9.59 Å². The molecule has 1 aliphatic rings. The predicted octanol–water partition coefficient (Wildman–Crippen LogP) is 2.03. The number of carbonyl (C=O) groups is 2. The highest BCUT2D eigenvalue weighted by Gasteiger charge is 2.30. The summed E-state index contributed by atoms with van der Waals surface area (Å²) in [6, 6.07) is 0. The fourth-order valence-electron chi connectivity index (χ4n) is 1.91. The minimum absolute atomic E-state index is 0.0454. The molecule has 0 saturated heterocycles. The van der Waals surface area contributed by atoms with Crippen molar-refractivity contribution in [2.75, 3.05) is 0 Å². The van der Waals surface area contributed by atoms with E-state index in [4.69, 9.17) is 0 Å². The van der Waals surface area contributed by atoms with E-state index in [1.165, 1.54) is 13.8 Å². The molecule has 18 heavy (non-hydrogen) atoms. The fraction of sp³-hybridized carbons (Fsp3) is 0.667. The Hall–Kier alpha value is -1.72. The van der Waals surface area contributed by atoms with E-state index in [-0.39, 0.29) is 5.41 Å². The Bertz CT molecular complexity index is 374. The lowest BCUT2D eigenvalue weighted by atomic mass is 9.75. The number of hydrogen-bond donors (Lipinski definition) is 0. The van der Waals surface area contributed by atoms with Crippen LogP contribution in [0.25, 0.3) is 0 Å².